The summed E-state index contributed by atoms with van der Waals surface area (Å²) in [5.74, 6) is 1.27. The number of hydrogen-bond acceptors (Lipinski definition) is 6. The van der Waals surface area contributed by atoms with Crippen molar-refractivity contribution >= 4 is 21.6 Å². The summed E-state index contributed by atoms with van der Waals surface area (Å²) in [6, 6.07) is 5.55. The SMILES string of the molecule is O=S1(=O)CC(O)C(Sc2ccc3c(c2)OCCCO3)C1. The summed E-state index contributed by atoms with van der Waals surface area (Å²) in [6.45, 7) is 1.25. The van der Waals surface area contributed by atoms with Crippen molar-refractivity contribution in [2.45, 2.75) is 22.7 Å². The fraction of sp³-hybridized carbons (Fsp3) is 0.538. The van der Waals surface area contributed by atoms with Gasteiger partial charge in [0.25, 0.3) is 0 Å². The Labute approximate surface area is 122 Å². The number of aliphatic hydroxyl groups excluding tert-OH is 1. The van der Waals surface area contributed by atoms with E-state index in [4.69, 9.17) is 9.47 Å². The molecule has 0 aliphatic carbocycles. The fourth-order valence-electron chi connectivity index (χ4n) is 2.30. The molecule has 0 spiro atoms. The average molecular weight is 316 g/mol. The number of thioether (sulfide) groups is 1. The Bertz CT molecular complexity index is 599. The second kappa shape index (κ2) is 5.46. The molecule has 1 N–H and O–H groups in total. The van der Waals surface area contributed by atoms with Crippen LogP contribution in [0.5, 0.6) is 11.5 Å². The van der Waals surface area contributed by atoms with Crippen molar-refractivity contribution in [1.29, 1.82) is 0 Å². The van der Waals surface area contributed by atoms with Crippen LogP contribution in [0.4, 0.5) is 0 Å². The van der Waals surface area contributed by atoms with Gasteiger partial charge in [0.15, 0.2) is 21.3 Å². The summed E-state index contributed by atoms with van der Waals surface area (Å²) in [5.41, 5.74) is 0. The van der Waals surface area contributed by atoms with Gasteiger partial charge in [-0.25, -0.2) is 8.42 Å². The molecule has 1 aromatic rings. The van der Waals surface area contributed by atoms with Gasteiger partial charge in [0, 0.05) is 11.3 Å². The highest BCUT2D eigenvalue weighted by atomic mass is 32.2. The number of fused-ring (bicyclic) bond motifs is 1. The molecule has 2 atom stereocenters. The van der Waals surface area contributed by atoms with E-state index in [1.165, 1.54) is 11.8 Å². The molecule has 2 aliphatic heterocycles. The minimum atomic E-state index is -3.11. The second-order valence-corrected chi connectivity index (χ2v) is 8.43. The Kier molecular flexibility index (Phi) is 3.83. The standard InChI is InChI=1S/C13H16O5S2/c14-10-7-20(15,16)8-13(10)19-9-2-3-11-12(6-9)18-5-1-4-17-11/h2-3,6,10,13-14H,1,4-5,7-8H2. The van der Waals surface area contributed by atoms with Crippen LogP contribution in [-0.4, -0.2) is 49.6 Å². The van der Waals surface area contributed by atoms with Crippen LogP contribution in [0.15, 0.2) is 23.1 Å². The van der Waals surface area contributed by atoms with Gasteiger partial charge in [-0.15, -0.1) is 11.8 Å². The summed E-state index contributed by atoms with van der Waals surface area (Å²) in [5, 5.41) is 9.50. The first-order valence-corrected chi connectivity index (χ1v) is 9.18. The first kappa shape index (κ1) is 14.0. The summed E-state index contributed by atoms with van der Waals surface area (Å²) in [6.07, 6.45) is 0.0393. The van der Waals surface area contributed by atoms with E-state index in [0.717, 1.165) is 11.3 Å². The first-order valence-electron chi connectivity index (χ1n) is 6.48. The van der Waals surface area contributed by atoms with Crippen molar-refractivity contribution in [3.05, 3.63) is 18.2 Å². The lowest BCUT2D eigenvalue weighted by atomic mass is 10.3. The summed E-state index contributed by atoms with van der Waals surface area (Å²) in [4.78, 5) is 0.885. The molecule has 2 aliphatic rings. The number of benzene rings is 1. The van der Waals surface area contributed by atoms with E-state index >= 15 is 0 Å². The minimum Gasteiger partial charge on any atom is -0.490 e. The van der Waals surface area contributed by atoms with Crippen molar-refractivity contribution in [2.24, 2.45) is 0 Å². The number of rotatable bonds is 2. The average Bonchev–Trinajstić information content (AvgIpc) is 2.55. The van der Waals surface area contributed by atoms with Gasteiger partial charge in [0.2, 0.25) is 0 Å². The molecule has 0 bridgehead atoms. The lowest BCUT2D eigenvalue weighted by molar-refractivity contribution is 0.207. The smallest absolute Gasteiger partial charge is 0.162 e. The van der Waals surface area contributed by atoms with Crippen molar-refractivity contribution in [1.82, 2.24) is 0 Å². The molecule has 7 heteroatoms. The maximum atomic E-state index is 11.5. The van der Waals surface area contributed by atoms with Gasteiger partial charge in [0.1, 0.15) is 0 Å². The molecule has 5 nitrogen and oxygen atoms in total. The molecule has 0 radical (unpaired) electrons. The van der Waals surface area contributed by atoms with Crippen LogP contribution >= 0.6 is 11.8 Å². The van der Waals surface area contributed by atoms with Crippen molar-refractivity contribution < 1.29 is 23.0 Å². The molecule has 0 saturated carbocycles. The molecule has 1 saturated heterocycles. The maximum absolute atomic E-state index is 11.5. The molecule has 3 rings (SSSR count). The first-order chi connectivity index (χ1) is 9.53. The van der Waals surface area contributed by atoms with Gasteiger partial charge < -0.3 is 14.6 Å². The number of ether oxygens (including phenoxy) is 2. The van der Waals surface area contributed by atoms with E-state index in [0.29, 0.717) is 24.7 Å². The molecule has 0 amide bonds. The molecular formula is C13H16O5S2. The zero-order chi connectivity index (χ0) is 14.2. The lowest BCUT2D eigenvalue weighted by Gasteiger charge is -2.14. The van der Waals surface area contributed by atoms with Gasteiger partial charge in [-0.2, -0.15) is 0 Å². The monoisotopic (exact) mass is 316 g/mol. The highest BCUT2D eigenvalue weighted by molar-refractivity contribution is 8.02. The van der Waals surface area contributed by atoms with Crippen LogP contribution in [-0.2, 0) is 9.84 Å². The quantitative estimate of drug-likeness (QED) is 0.881. The van der Waals surface area contributed by atoms with E-state index in [2.05, 4.69) is 0 Å². The maximum Gasteiger partial charge on any atom is 0.162 e. The Hall–Kier alpha value is -0.920. The third-order valence-electron chi connectivity index (χ3n) is 3.28. The number of aliphatic hydroxyl groups is 1. The van der Waals surface area contributed by atoms with E-state index in [9.17, 15) is 13.5 Å². The molecule has 110 valence electrons. The normalized spacial score (nSPS) is 28.1. The van der Waals surface area contributed by atoms with Gasteiger partial charge in [-0.1, -0.05) is 0 Å². The van der Waals surface area contributed by atoms with E-state index in [1.807, 2.05) is 18.2 Å². The fourth-order valence-corrected chi connectivity index (χ4v) is 5.85. The van der Waals surface area contributed by atoms with Crippen LogP contribution in [0.1, 0.15) is 6.42 Å². The van der Waals surface area contributed by atoms with Crippen molar-refractivity contribution in [3.63, 3.8) is 0 Å². The Morgan fingerprint density at radius 2 is 1.90 bits per heavy atom. The van der Waals surface area contributed by atoms with E-state index in [-0.39, 0.29) is 16.8 Å². The lowest BCUT2D eigenvalue weighted by Crippen LogP contribution is -2.19. The third-order valence-corrected chi connectivity index (χ3v) is 6.52. The van der Waals surface area contributed by atoms with Crippen LogP contribution < -0.4 is 9.47 Å². The molecule has 1 aromatic carbocycles. The van der Waals surface area contributed by atoms with Crippen molar-refractivity contribution in [2.75, 3.05) is 24.7 Å². The van der Waals surface area contributed by atoms with Crippen molar-refractivity contribution in [3.8, 4) is 11.5 Å². The molecule has 0 aromatic heterocycles. The van der Waals surface area contributed by atoms with E-state index in [1.54, 1.807) is 0 Å². The van der Waals surface area contributed by atoms with Gasteiger partial charge >= 0.3 is 0 Å². The summed E-state index contributed by atoms with van der Waals surface area (Å²) >= 11 is 1.38. The molecule has 2 heterocycles. The summed E-state index contributed by atoms with van der Waals surface area (Å²) < 4.78 is 34.2. The number of hydrogen-bond donors (Lipinski definition) is 1. The predicted molar refractivity (Wildman–Crippen MR) is 76.4 cm³/mol. The minimum absolute atomic E-state index is 0.0211. The zero-order valence-corrected chi connectivity index (χ0v) is 12.5. The van der Waals surface area contributed by atoms with E-state index < -0.39 is 15.9 Å². The van der Waals surface area contributed by atoms with Crippen LogP contribution in [0.25, 0.3) is 0 Å². The highest BCUT2D eigenvalue weighted by Gasteiger charge is 2.37. The molecule has 1 fully saturated rings. The predicted octanol–water partition coefficient (Wildman–Crippen LogP) is 1.10. The van der Waals surface area contributed by atoms with Crippen LogP contribution in [0, 0.1) is 0 Å². The Balaban J connectivity index is 1.77. The highest BCUT2D eigenvalue weighted by Crippen LogP contribution is 2.37. The zero-order valence-electron chi connectivity index (χ0n) is 10.8. The molecule has 2 unspecified atom stereocenters. The Morgan fingerprint density at radius 1 is 1.15 bits per heavy atom. The largest absolute Gasteiger partial charge is 0.490 e. The van der Waals surface area contributed by atoms with Gasteiger partial charge in [-0.3, -0.25) is 0 Å². The van der Waals surface area contributed by atoms with Crippen LogP contribution in [0.3, 0.4) is 0 Å². The summed E-state index contributed by atoms with van der Waals surface area (Å²) in [7, 11) is -3.11. The van der Waals surface area contributed by atoms with Gasteiger partial charge in [0.05, 0.1) is 36.1 Å². The van der Waals surface area contributed by atoms with Gasteiger partial charge in [-0.05, 0) is 18.2 Å². The second-order valence-electron chi connectivity index (χ2n) is 4.96. The topological polar surface area (TPSA) is 72.8 Å². The van der Waals surface area contributed by atoms with Crippen LogP contribution in [0.2, 0.25) is 0 Å². The molecular weight excluding hydrogens is 300 g/mol. The number of sulfone groups is 1. The third kappa shape index (κ3) is 3.05. The Morgan fingerprint density at radius 3 is 2.60 bits per heavy atom. The molecule has 20 heavy (non-hydrogen) atoms.